The SMILES string of the molecule is CCOC(=O)CC[C@@H](C(=O)OCC)N1C(=O)[C@H](N2C(=O)c3ccccc3C2=O)[C@@H]1C=Cc1ccccc1. The fourth-order valence-corrected chi connectivity index (χ4v) is 4.67. The highest BCUT2D eigenvalue weighted by molar-refractivity contribution is 6.23. The zero-order chi connectivity index (χ0) is 26.5. The molecule has 0 radical (unpaired) electrons. The lowest BCUT2D eigenvalue weighted by molar-refractivity contribution is -0.169. The van der Waals surface area contributed by atoms with Crippen LogP contribution in [-0.4, -0.2) is 70.8 Å². The molecule has 0 N–H and O–H groups in total. The second-order valence-corrected chi connectivity index (χ2v) is 8.59. The van der Waals surface area contributed by atoms with E-state index in [0.29, 0.717) is 0 Å². The monoisotopic (exact) mass is 504 g/mol. The third-order valence-corrected chi connectivity index (χ3v) is 6.36. The number of esters is 2. The van der Waals surface area contributed by atoms with Crippen LogP contribution >= 0.6 is 0 Å². The molecule has 3 amide bonds. The van der Waals surface area contributed by atoms with Crippen LogP contribution in [0.1, 0.15) is 53.0 Å². The van der Waals surface area contributed by atoms with Gasteiger partial charge in [0.2, 0.25) is 5.91 Å². The van der Waals surface area contributed by atoms with Crippen molar-refractivity contribution in [3.63, 3.8) is 0 Å². The minimum atomic E-state index is -1.13. The van der Waals surface area contributed by atoms with Crippen molar-refractivity contribution >= 4 is 35.7 Å². The number of hydrogen-bond acceptors (Lipinski definition) is 7. The lowest BCUT2D eigenvalue weighted by Gasteiger charge is -2.51. The van der Waals surface area contributed by atoms with Crippen LogP contribution in [0.25, 0.3) is 6.08 Å². The molecule has 192 valence electrons. The first-order valence-electron chi connectivity index (χ1n) is 12.2. The largest absolute Gasteiger partial charge is 0.466 e. The van der Waals surface area contributed by atoms with Gasteiger partial charge in [-0.3, -0.25) is 24.1 Å². The van der Waals surface area contributed by atoms with Crippen LogP contribution in [-0.2, 0) is 23.9 Å². The van der Waals surface area contributed by atoms with E-state index in [1.165, 1.54) is 4.90 Å². The predicted octanol–water partition coefficient (Wildman–Crippen LogP) is 2.85. The molecule has 0 aliphatic carbocycles. The van der Waals surface area contributed by atoms with Gasteiger partial charge in [0.25, 0.3) is 11.8 Å². The lowest BCUT2D eigenvalue weighted by Crippen LogP contribution is -2.74. The van der Waals surface area contributed by atoms with E-state index in [9.17, 15) is 24.0 Å². The molecule has 2 heterocycles. The standard InChI is InChI=1S/C28H28N2O7/c1-3-36-23(31)17-16-22(28(35)37-4-2)29-21(15-14-18-10-6-5-7-11-18)24(27(29)34)30-25(32)19-12-8-9-13-20(19)26(30)33/h5-15,21-22,24H,3-4,16-17H2,1-2H3/t21-,22-,24+/m0/s1. The molecular formula is C28H28N2O7. The van der Waals surface area contributed by atoms with Gasteiger partial charge in [-0.2, -0.15) is 0 Å². The van der Waals surface area contributed by atoms with Gasteiger partial charge in [-0.1, -0.05) is 54.6 Å². The summed E-state index contributed by atoms with van der Waals surface area (Å²) in [6, 6.07) is 12.7. The first-order chi connectivity index (χ1) is 17.9. The lowest BCUT2D eigenvalue weighted by atomic mass is 9.88. The maximum absolute atomic E-state index is 13.6. The summed E-state index contributed by atoms with van der Waals surface area (Å²) in [5, 5.41) is 0. The summed E-state index contributed by atoms with van der Waals surface area (Å²) in [5.41, 5.74) is 1.30. The Hall–Kier alpha value is -4.27. The molecule has 0 aromatic heterocycles. The highest BCUT2D eigenvalue weighted by atomic mass is 16.5. The molecule has 9 nitrogen and oxygen atoms in total. The van der Waals surface area contributed by atoms with Gasteiger partial charge in [-0.25, -0.2) is 4.79 Å². The van der Waals surface area contributed by atoms with Crippen molar-refractivity contribution < 1.29 is 33.4 Å². The van der Waals surface area contributed by atoms with E-state index in [2.05, 4.69) is 0 Å². The van der Waals surface area contributed by atoms with Crippen LogP contribution in [0.15, 0.2) is 60.7 Å². The molecule has 0 unspecified atom stereocenters. The van der Waals surface area contributed by atoms with E-state index in [4.69, 9.17) is 9.47 Å². The molecule has 2 aromatic rings. The minimum Gasteiger partial charge on any atom is -0.466 e. The number of rotatable bonds is 10. The molecule has 2 aromatic carbocycles. The van der Waals surface area contributed by atoms with Crippen molar-refractivity contribution in [3.8, 4) is 0 Å². The van der Waals surface area contributed by atoms with Crippen LogP contribution in [0.5, 0.6) is 0 Å². The Kier molecular flexibility index (Phi) is 7.81. The normalized spacial score (nSPS) is 19.6. The van der Waals surface area contributed by atoms with E-state index in [0.717, 1.165) is 10.5 Å². The van der Waals surface area contributed by atoms with Gasteiger partial charge >= 0.3 is 11.9 Å². The fourth-order valence-electron chi connectivity index (χ4n) is 4.67. The Balaban J connectivity index is 1.68. The number of benzene rings is 2. The molecule has 2 aliphatic rings. The summed E-state index contributed by atoms with van der Waals surface area (Å²) in [7, 11) is 0. The molecule has 2 aliphatic heterocycles. The Labute approximate surface area is 214 Å². The van der Waals surface area contributed by atoms with Crippen LogP contribution in [0, 0.1) is 0 Å². The van der Waals surface area contributed by atoms with Gasteiger partial charge in [0.1, 0.15) is 12.1 Å². The number of hydrogen-bond donors (Lipinski definition) is 0. The quantitative estimate of drug-likeness (QED) is 0.278. The van der Waals surface area contributed by atoms with E-state index in [1.54, 1.807) is 50.3 Å². The number of carbonyl (C=O) groups excluding carboxylic acids is 5. The van der Waals surface area contributed by atoms with Gasteiger partial charge in [0.15, 0.2) is 0 Å². The molecule has 4 rings (SSSR count). The topological polar surface area (TPSA) is 110 Å². The van der Waals surface area contributed by atoms with E-state index in [-0.39, 0.29) is 37.2 Å². The van der Waals surface area contributed by atoms with E-state index in [1.807, 2.05) is 30.3 Å². The van der Waals surface area contributed by atoms with Crippen molar-refractivity contribution in [2.45, 2.75) is 44.8 Å². The molecule has 0 bridgehead atoms. The molecular weight excluding hydrogens is 476 g/mol. The maximum atomic E-state index is 13.6. The summed E-state index contributed by atoms with van der Waals surface area (Å²) in [5.74, 6) is -2.86. The molecule has 0 spiro atoms. The molecule has 1 saturated heterocycles. The Morgan fingerprint density at radius 2 is 1.49 bits per heavy atom. The zero-order valence-corrected chi connectivity index (χ0v) is 20.7. The third-order valence-electron chi connectivity index (χ3n) is 6.36. The summed E-state index contributed by atoms with van der Waals surface area (Å²) in [4.78, 5) is 67.1. The summed E-state index contributed by atoms with van der Waals surface area (Å²) >= 11 is 0. The van der Waals surface area contributed by atoms with Gasteiger partial charge in [0.05, 0.1) is 30.4 Å². The first kappa shape index (κ1) is 25.8. The number of amides is 3. The molecule has 9 heteroatoms. The Bertz CT molecular complexity index is 1210. The van der Waals surface area contributed by atoms with Crippen molar-refractivity contribution in [1.82, 2.24) is 9.80 Å². The predicted molar refractivity (Wildman–Crippen MR) is 133 cm³/mol. The second kappa shape index (κ2) is 11.2. The van der Waals surface area contributed by atoms with Gasteiger partial charge in [-0.05, 0) is 38.0 Å². The zero-order valence-electron chi connectivity index (χ0n) is 20.7. The Morgan fingerprint density at radius 3 is 2.08 bits per heavy atom. The van der Waals surface area contributed by atoms with Crippen LogP contribution < -0.4 is 0 Å². The number of nitrogens with zero attached hydrogens (tertiary/aromatic N) is 2. The van der Waals surface area contributed by atoms with Crippen molar-refractivity contribution in [2.75, 3.05) is 13.2 Å². The average molecular weight is 505 g/mol. The van der Waals surface area contributed by atoms with Crippen molar-refractivity contribution in [2.24, 2.45) is 0 Å². The van der Waals surface area contributed by atoms with Gasteiger partial charge in [0, 0.05) is 6.42 Å². The Morgan fingerprint density at radius 1 is 0.892 bits per heavy atom. The molecule has 37 heavy (non-hydrogen) atoms. The van der Waals surface area contributed by atoms with Crippen LogP contribution in [0.4, 0.5) is 0 Å². The van der Waals surface area contributed by atoms with Crippen LogP contribution in [0.3, 0.4) is 0 Å². The number of ether oxygens (including phenoxy) is 2. The van der Waals surface area contributed by atoms with Gasteiger partial charge < -0.3 is 14.4 Å². The van der Waals surface area contributed by atoms with E-state index < -0.39 is 47.8 Å². The number of fused-ring (bicyclic) bond motifs is 1. The number of imide groups is 1. The molecule has 1 fully saturated rings. The highest BCUT2D eigenvalue weighted by Crippen LogP contribution is 2.36. The first-order valence-corrected chi connectivity index (χ1v) is 12.2. The molecule has 0 saturated carbocycles. The van der Waals surface area contributed by atoms with Crippen molar-refractivity contribution in [1.29, 1.82) is 0 Å². The summed E-state index contributed by atoms with van der Waals surface area (Å²) in [6.45, 7) is 3.60. The number of β-lactam (4-membered cyclic amide) rings is 1. The average Bonchev–Trinajstić information content (AvgIpc) is 3.14. The maximum Gasteiger partial charge on any atom is 0.328 e. The second-order valence-electron chi connectivity index (χ2n) is 8.59. The van der Waals surface area contributed by atoms with E-state index >= 15 is 0 Å². The molecule has 3 atom stereocenters. The smallest absolute Gasteiger partial charge is 0.328 e. The highest BCUT2D eigenvalue weighted by Gasteiger charge is 2.58. The minimum absolute atomic E-state index is 0.0199. The number of likely N-dealkylation sites (tertiary alicyclic amines) is 1. The fraction of sp³-hybridized carbons (Fsp3) is 0.321. The third kappa shape index (κ3) is 5.02. The summed E-state index contributed by atoms with van der Waals surface area (Å²) in [6.07, 6.45) is 3.34. The van der Waals surface area contributed by atoms with Gasteiger partial charge in [-0.15, -0.1) is 0 Å². The number of carbonyl (C=O) groups is 5. The van der Waals surface area contributed by atoms with Crippen LogP contribution in [0.2, 0.25) is 0 Å². The summed E-state index contributed by atoms with van der Waals surface area (Å²) < 4.78 is 10.2. The van der Waals surface area contributed by atoms with Crippen molar-refractivity contribution in [3.05, 3.63) is 77.4 Å².